The molecule has 16 heavy (non-hydrogen) atoms. The van der Waals surface area contributed by atoms with E-state index in [0.717, 1.165) is 6.07 Å². The van der Waals surface area contributed by atoms with Gasteiger partial charge in [0.1, 0.15) is 0 Å². The maximum absolute atomic E-state index is 13.3. The van der Waals surface area contributed by atoms with Gasteiger partial charge in [0.2, 0.25) is 5.75 Å². The highest BCUT2D eigenvalue weighted by Crippen LogP contribution is 2.33. The lowest BCUT2D eigenvalue weighted by atomic mass is 10.2. The molecule has 0 saturated carbocycles. The van der Waals surface area contributed by atoms with Crippen LogP contribution in [0.15, 0.2) is 12.1 Å². The number of ether oxygens (including phenoxy) is 2. The van der Waals surface area contributed by atoms with Gasteiger partial charge in [0.05, 0.1) is 24.2 Å². The van der Waals surface area contributed by atoms with Gasteiger partial charge in [-0.1, -0.05) is 0 Å². The Bertz CT molecular complexity index is 395. The number of halogens is 1. The second kappa shape index (κ2) is 5.29. The van der Waals surface area contributed by atoms with Crippen LogP contribution < -0.4 is 9.47 Å². The molecule has 0 spiro atoms. The zero-order chi connectivity index (χ0) is 12.1. The Morgan fingerprint density at radius 1 is 1.25 bits per heavy atom. The normalized spacial score (nSPS) is 9.94. The van der Waals surface area contributed by atoms with Gasteiger partial charge in [-0.05, 0) is 13.8 Å². The quantitative estimate of drug-likeness (QED) is 0.575. The van der Waals surface area contributed by atoms with Crippen molar-refractivity contribution in [3.05, 3.63) is 28.1 Å². The lowest BCUT2D eigenvalue weighted by Crippen LogP contribution is -2.01. The van der Waals surface area contributed by atoms with Crippen molar-refractivity contribution in [1.82, 2.24) is 0 Å². The Morgan fingerprint density at radius 2 is 1.81 bits per heavy atom. The minimum atomic E-state index is -0.767. The molecule has 0 fully saturated rings. The average molecular weight is 229 g/mol. The first kappa shape index (κ1) is 12.2. The van der Waals surface area contributed by atoms with Crippen LogP contribution in [0.25, 0.3) is 0 Å². The summed E-state index contributed by atoms with van der Waals surface area (Å²) >= 11 is 0. The van der Waals surface area contributed by atoms with Crippen molar-refractivity contribution in [3.8, 4) is 11.5 Å². The predicted molar refractivity (Wildman–Crippen MR) is 55.4 cm³/mol. The minimum absolute atomic E-state index is 0.0114. The van der Waals surface area contributed by atoms with E-state index in [4.69, 9.17) is 9.47 Å². The largest absolute Gasteiger partial charge is 0.491 e. The molecular formula is C10H12FNO4. The molecule has 0 atom stereocenters. The maximum atomic E-state index is 13.3. The molecule has 0 aliphatic heterocycles. The zero-order valence-corrected chi connectivity index (χ0v) is 9.03. The van der Waals surface area contributed by atoms with Crippen LogP contribution in [-0.4, -0.2) is 18.1 Å². The summed E-state index contributed by atoms with van der Waals surface area (Å²) in [5.41, 5.74) is -0.400. The van der Waals surface area contributed by atoms with Gasteiger partial charge in [0.15, 0.2) is 11.6 Å². The molecule has 0 aromatic heterocycles. The van der Waals surface area contributed by atoms with E-state index in [1.807, 2.05) is 0 Å². The Morgan fingerprint density at radius 3 is 2.31 bits per heavy atom. The number of hydrogen-bond acceptors (Lipinski definition) is 4. The van der Waals surface area contributed by atoms with Gasteiger partial charge in [-0.3, -0.25) is 10.1 Å². The molecule has 1 aromatic rings. The van der Waals surface area contributed by atoms with Gasteiger partial charge in [0, 0.05) is 6.07 Å². The lowest BCUT2D eigenvalue weighted by Gasteiger charge is -2.08. The van der Waals surface area contributed by atoms with E-state index in [1.54, 1.807) is 13.8 Å². The van der Waals surface area contributed by atoms with Gasteiger partial charge in [-0.2, -0.15) is 0 Å². The van der Waals surface area contributed by atoms with E-state index in [2.05, 4.69) is 0 Å². The van der Waals surface area contributed by atoms with Crippen molar-refractivity contribution in [2.45, 2.75) is 13.8 Å². The molecule has 0 N–H and O–H groups in total. The van der Waals surface area contributed by atoms with Gasteiger partial charge in [-0.25, -0.2) is 4.39 Å². The number of nitro groups is 1. The maximum Gasteiger partial charge on any atom is 0.314 e. The van der Waals surface area contributed by atoms with Crippen molar-refractivity contribution >= 4 is 5.69 Å². The van der Waals surface area contributed by atoms with E-state index in [1.165, 1.54) is 6.07 Å². The fourth-order valence-corrected chi connectivity index (χ4v) is 1.20. The second-order valence-electron chi connectivity index (χ2n) is 2.87. The summed E-state index contributed by atoms with van der Waals surface area (Å²) in [7, 11) is 0. The molecule has 0 saturated heterocycles. The van der Waals surface area contributed by atoms with Crippen LogP contribution in [0.3, 0.4) is 0 Å². The molecule has 1 aromatic carbocycles. The number of nitrogens with zero attached hydrogens (tertiary/aromatic N) is 1. The van der Waals surface area contributed by atoms with Crippen LogP contribution in [0.5, 0.6) is 11.5 Å². The van der Waals surface area contributed by atoms with Crippen molar-refractivity contribution in [1.29, 1.82) is 0 Å². The van der Waals surface area contributed by atoms with Gasteiger partial charge >= 0.3 is 5.69 Å². The predicted octanol–water partition coefficient (Wildman–Crippen LogP) is 2.53. The molecule has 0 heterocycles. The van der Waals surface area contributed by atoms with Crippen LogP contribution in [0.1, 0.15) is 13.8 Å². The van der Waals surface area contributed by atoms with Gasteiger partial charge in [0.25, 0.3) is 0 Å². The monoisotopic (exact) mass is 229 g/mol. The van der Waals surface area contributed by atoms with Gasteiger partial charge < -0.3 is 9.47 Å². The van der Waals surface area contributed by atoms with E-state index in [0.29, 0.717) is 0 Å². The van der Waals surface area contributed by atoms with E-state index in [-0.39, 0.29) is 24.7 Å². The first-order valence-electron chi connectivity index (χ1n) is 4.83. The smallest absolute Gasteiger partial charge is 0.314 e. The van der Waals surface area contributed by atoms with Gasteiger partial charge in [-0.15, -0.1) is 0 Å². The Hall–Kier alpha value is -1.85. The highest BCUT2D eigenvalue weighted by Gasteiger charge is 2.20. The summed E-state index contributed by atoms with van der Waals surface area (Å²) in [5, 5.41) is 10.6. The van der Waals surface area contributed by atoms with Crippen LogP contribution in [0.4, 0.5) is 10.1 Å². The third kappa shape index (κ3) is 2.59. The fraction of sp³-hybridized carbons (Fsp3) is 0.400. The van der Waals surface area contributed by atoms with Crippen molar-refractivity contribution in [3.63, 3.8) is 0 Å². The molecule has 1 rings (SSSR count). The summed E-state index contributed by atoms with van der Waals surface area (Å²) < 4.78 is 23.4. The third-order valence-corrected chi connectivity index (χ3v) is 1.81. The molecule has 88 valence electrons. The molecule has 5 nitrogen and oxygen atoms in total. The molecule has 0 unspecified atom stereocenters. The molecule has 0 bridgehead atoms. The number of hydrogen-bond donors (Lipinski definition) is 0. The molecule has 0 amide bonds. The summed E-state index contributed by atoms with van der Waals surface area (Å²) in [5.74, 6) is -0.800. The van der Waals surface area contributed by atoms with E-state index in [9.17, 15) is 14.5 Å². The molecule has 0 aliphatic rings. The summed E-state index contributed by atoms with van der Waals surface area (Å²) in [6.45, 7) is 3.92. The highest BCUT2D eigenvalue weighted by atomic mass is 19.1. The summed E-state index contributed by atoms with van der Waals surface area (Å²) in [6, 6.07) is 2.00. The SMILES string of the molecule is CCOc1cc(OCC)c([N+](=O)[O-])cc1F. The third-order valence-electron chi connectivity index (χ3n) is 1.81. The summed E-state index contributed by atoms with van der Waals surface area (Å²) in [4.78, 5) is 9.95. The Kier molecular flexibility index (Phi) is 4.04. The van der Waals surface area contributed by atoms with Crippen LogP contribution in [0, 0.1) is 15.9 Å². The van der Waals surface area contributed by atoms with Crippen molar-refractivity contribution in [2.24, 2.45) is 0 Å². The molecule has 0 aliphatic carbocycles. The Balaban J connectivity index is 3.19. The minimum Gasteiger partial charge on any atom is -0.491 e. The topological polar surface area (TPSA) is 61.6 Å². The van der Waals surface area contributed by atoms with Crippen LogP contribution in [0.2, 0.25) is 0 Å². The van der Waals surface area contributed by atoms with Crippen LogP contribution in [-0.2, 0) is 0 Å². The number of benzene rings is 1. The average Bonchev–Trinajstić information content (AvgIpc) is 2.23. The van der Waals surface area contributed by atoms with Crippen LogP contribution >= 0.6 is 0 Å². The number of rotatable bonds is 5. The molecule has 6 heteroatoms. The lowest BCUT2D eigenvalue weighted by molar-refractivity contribution is -0.386. The first-order chi connectivity index (χ1) is 7.60. The molecular weight excluding hydrogens is 217 g/mol. The first-order valence-corrected chi connectivity index (χ1v) is 4.83. The molecule has 0 radical (unpaired) electrons. The van der Waals surface area contributed by atoms with E-state index < -0.39 is 16.4 Å². The fourth-order valence-electron chi connectivity index (χ4n) is 1.20. The Labute approximate surface area is 91.9 Å². The zero-order valence-electron chi connectivity index (χ0n) is 9.03. The summed E-state index contributed by atoms with van der Waals surface area (Å²) in [6.07, 6.45) is 0. The second-order valence-corrected chi connectivity index (χ2v) is 2.87. The standard InChI is InChI=1S/C10H12FNO4/c1-3-15-9-6-10(16-4-2)8(12(13)14)5-7(9)11/h5-6H,3-4H2,1-2H3. The van der Waals surface area contributed by atoms with E-state index >= 15 is 0 Å². The van der Waals surface area contributed by atoms with Crippen molar-refractivity contribution in [2.75, 3.05) is 13.2 Å². The van der Waals surface area contributed by atoms with Crippen molar-refractivity contribution < 1.29 is 18.8 Å². The highest BCUT2D eigenvalue weighted by molar-refractivity contribution is 5.51. The number of nitro benzene ring substituents is 1.